The number of carbonyl (C=O) groups excluding carboxylic acids is 3. The molecule has 11 heteroatoms. The van der Waals surface area contributed by atoms with E-state index in [0.29, 0.717) is 27.3 Å². The summed E-state index contributed by atoms with van der Waals surface area (Å²) in [7, 11) is 3.03. The highest BCUT2D eigenvalue weighted by molar-refractivity contribution is 7.99. The van der Waals surface area contributed by atoms with E-state index in [2.05, 4.69) is 20.8 Å². The van der Waals surface area contributed by atoms with Crippen LogP contribution in [0.1, 0.15) is 39.5 Å². The van der Waals surface area contributed by atoms with Crippen molar-refractivity contribution >= 4 is 46.8 Å². The first-order chi connectivity index (χ1) is 15.8. The molecule has 0 saturated heterocycles. The van der Waals surface area contributed by atoms with Crippen LogP contribution < -0.4 is 10.6 Å². The zero-order valence-electron chi connectivity index (χ0n) is 18.2. The Kier molecular flexibility index (Phi) is 8.07. The lowest BCUT2D eigenvalue weighted by Gasteiger charge is -2.14. The fourth-order valence-electron chi connectivity index (χ4n) is 3.01. The molecule has 2 aromatic carbocycles. The SMILES string of the molecule is COC(=O)c1ccccc1NC(=O)CSc1nnc([C@@H](C)NC(=O)c2ccccc2Cl)n1C. The number of esters is 1. The second kappa shape index (κ2) is 11.0. The van der Waals surface area contributed by atoms with Crippen LogP contribution >= 0.6 is 23.4 Å². The molecule has 0 saturated carbocycles. The first kappa shape index (κ1) is 24.3. The quantitative estimate of drug-likeness (QED) is 0.369. The molecule has 1 aromatic heterocycles. The topological polar surface area (TPSA) is 115 Å². The number of halogens is 1. The van der Waals surface area contributed by atoms with Crippen LogP contribution in [0.2, 0.25) is 5.02 Å². The normalized spacial score (nSPS) is 11.5. The van der Waals surface area contributed by atoms with Crippen LogP contribution in [0.4, 0.5) is 5.69 Å². The van der Waals surface area contributed by atoms with Crippen molar-refractivity contribution in [1.29, 1.82) is 0 Å². The molecule has 0 aliphatic heterocycles. The minimum Gasteiger partial charge on any atom is -0.465 e. The van der Waals surface area contributed by atoms with E-state index in [1.165, 1.54) is 18.9 Å². The second-order valence-electron chi connectivity index (χ2n) is 6.95. The summed E-state index contributed by atoms with van der Waals surface area (Å²) in [5.74, 6) is -0.615. The van der Waals surface area contributed by atoms with Crippen molar-refractivity contribution in [2.75, 3.05) is 18.2 Å². The van der Waals surface area contributed by atoms with E-state index in [-0.39, 0.29) is 23.1 Å². The number of methoxy groups -OCH3 is 1. The van der Waals surface area contributed by atoms with E-state index in [1.807, 2.05) is 0 Å². The molecule has 3 aromatic rings. The number of para-hydroxylation sites is 1. The lowest BCUT2D eigenvalue weighted by Crippen LogP contribution is -2.28. The molecule has 0 spiro atoms. The molecule has 9 nitrogen and oxygen atoms in total. The molecule has 0 fully saturated rings. The molecule has 2 N–H and O–H groups in total. The number of hydrogen-bond donors (Lipinski definition) is 2. The first-order valence-corrected chi connectivity index (χ1v) is 11.2. The summed E-state index contributed by atoms with van der Waals surface area (Å²) in [4.78, 5) is 36.8. The highest BCUT2D eigenvalue weighted by Gasteiger charge is 2.20. The van der Waals surface area contributed by atoms with Gasteiger partial charge in [-0.25, -0.2) is 4.79 Å². The molecule has 0 unspecified atom stereocenters. The van der Waals surface area contributed by atoms with Crippen LogP contribution in [0.3, 0.4) is 0 Å². The number of nitrogens with one attached hydrogen (secondary N) is 2. The van der Waals surface area contributed by atoms with E-state index in [1.54, 1.807) is 67.1 Å². The number of carbonyl (C=O) groups is 3. The molecule has 1 heterocycles. The lowest BCUT2D eigenvalue weighted by molar-refractivity contribution is -0.113. The van der Waals surface area contributed by atoms with Crippen molar-refractivity contribution in [3.05, 3.63) is 70.5 Å². The third-order valence-corrected chi connectivity index (χ3v) is 6.01. The standard InChI is InChI=1S/C22H22ClN5O4S/c1-13(24-20(30)14-8-4-6-10-16(14)23)19-26-27-22(28(19)2)33-12-18(29)25-17-11-7-5-9-15(17)21(31)32-3/h4-11,13H,12H2,1-3H3,(H,24,30)(H,25,29)/t13-/m1/s1. The van der Waals surface area contributed by atoms with Gasteiger partial charge in [0.15, 0.2) is 11.0 Å². The highest BCUT2D eigenvalue weighted by atomic mass is 35.5. The molecule has 3 rings (SSSR count). The summed E-state index contributed by atoms with van der Waals surface area (Å²) in [6.07, 6.45) is 0. The predicted molar refractivity (Wildman–Crippen MR) is 125 cm³/mol. The average molecular weight is 488 g/mol. The van der Waals surface area contributed by atoms with E-state index in [0.717, 1.165) is 0 Å². The van der Waals surface area contributed by atoms with Crippen LogP contribution in [0.25, 0.3) is 0 Å². The largest absolute Gasteiger partial charge is 0.465 e. The van der Waals surface area contributed by atoms with Gasteiger partial charge in [-0.3, -0.25) is 9.59 Å². The minimum absolute atomic E-state index is 0.0435. The number of aromatic nitrogens is 3. The Morgan fingerprint density at radius 2 is 1.76 bits per heavy atom. The maximum absolute atomic E-state index is 12.5. The van der Waals surface area contributed by atoms with Crippen molar-refractivity contribution in [3.63, 3.8) is 0 Å². The Morgan fingerprint density at radius 1 is 1.09 bits per heavy atom. The van der Waals surface area contributed by atoms with Gasteiger partial charge in [-0.1, -0.05) is 47.6 Å². The van der Waals surface area contributed by atoms with Gasteiger partial charge < -0.3 is 19.9 Å². The fourth-order valence-corrected chi connectivity index (χ4v) is 3.95. The Morgan fingerprint density at radius 3 is 2.45 bits per heavy atom. The Labute approximate surface area is 199 Å². The van der Waals surface area contributed by atoms with E-state index < -0.39 is 12.0 Å². The first-order valence-electron chi connectivity index (χ1n) is 9.86. The maximum atomic E-state index is 12.5. The fraction of sp³-hybridized carbons (Fsp3) is 0.227. The highest BCUT2D eigenvalue weighted by Crippen LogP contribution is 2.22. The predicted octanol–water partition coefficient (Wildman–Crippen LogP) is 3.48. The molecule has 1 atom stereocenters. The van der Waals surface area contributed by atoms with Crippen molar-refractivity contribution in [1.82, 2.24) is 20.1 Å². The number of thioether (sulfide) groups is 1. The van der Waals surface area contributed by atoms with Crippen LogP contribution in [-0.4, -0.2) is 45.4 Å². The van der Waals surface area contributed by atoms with Gasteiger partial charge in [0.1, 0.15) is 0 Å². The third-order valence-electron chi connectivity index (χ3n) is 4.66. The molecular formula is C22H22ClN5O4S. The van der Waals surface area contributed by atoms with Gasteiger partial charge in [-0.15, -0.1) is 10.2 Å². The number of ether oxygens (including phenoxy) is 1. The van der Waals surface area contributed by atoms with Crippen LogP contribution in [0, 0.1) is 0 Å². The molecule has 0 aliphatic rings. The van der Waals surface area contributed by atoms with E-state index in [9.17, 15) is 14.4 Å². The van der Waals surface area contributed by atoms with Crippen molar-refractivity contribution < 1.29 is 19.1 Å². The summed E-state index contributed by atoms with van der Waals surface area (Å²) >= 11 is 7.26. The van der Waals surface area contributed by atoms with E-state index in [4.69, 9.17) is 16.3 Å². The number of nitrogens with zero attached hydrogens (tertiary/aromatic N) is 3. The number of hydrogen-bond acceptors (Lipinski definition) is 7. The number of rotatable bonds is 8. The van der Waals surface area contributed by atoms with Gasteiger partial charge in [0.2, 0.25) is 5.91 Å². The Balaban J connectivity index is 1.61. The molecule has 2 amide bonds. The van der Waals surface area contributed by atoms with Crippen LogP contribution in [0.15, 0.2) is 53.7 Å². The Bertz CT molecular complexity index is 1180. The van der Waals surface area contributed by atoms with Gasteiger partial charge in [0.05, 0.1) is 40.7 Å². The molecule has 0 radical (unpaired) electrons. The van der Waals surface area contributed by atoms with Gasteiger partial charge in [0.25, 0.3) is 5.91 Å². The van der Waals surface area contributed by atoms with Gasteiger partial charge in [-0.2, -0.15) is 0 Å². The zero-order chi connectivity index (χ0) is 24.0. The third kappa shape index (κ3) is 5.91. The van der Waals surface area contributed by atoms with Gasteiger partial charge >= 0.3 is 5.97 Å². The summed E-state index contributed by atoms with van der Waals surface area (Å²) in [6.45, 7) is 1.78. The van der Waals surface area contributed by atoms with Gasteiger partial charge in [0, 0.05) is 7.05 Å². The van der Waals surface area contributed by atoms with Crippen molar-refractivity contribution in [2.24, 2.45) is 7.05 Å². The van der Waals surface area contributed by atoms with E-state index >= 15 is 0 Å². The molecular weight excluding hydrogens is 466 g/mol. The number of benzene rings is 2. The van der Waals surface area contributed by atoms with Crippen molar-refractivity contribution in [3.8, 4) is 0 Å². The summed E-state index contributed by atoms with van der Waals surface area (Å²) in [6, 6.07) is 12.9. The average Bonchev–Trinajstić information content (AvgIpc) is 3.18. The monoisotopic (exact) mass is 487 g/mol. The smallest absolute Gasteiger partial charge is 0.339 e. The molecule has 33 heavy (non-hydrogen) atoms. The summed E-state index contributed by atoms with van der Waals surface area (Å²) in [5, 5.41) is 14.7. The second-order valence-corrected chi connectivity index (χ2v) is 8.30. The Hall–Kier alpha value is -3.37. The van der Waals surface area contributed by atoms with Crippen LogP contribution in [-0.2, 0) is 16.6 Å². The zero-order valence-corrected chi connectivity index (χ0v) is 19.7. The summed E-state index contributed by atoms with van der Waals surface area (Å²) < 4.78 is 6.44. The number of anilines is 1. The number of amides is 2. The summed E-state index contributed by atoms with van der Waals surface area (Å²) in [5.41, 5.74) is 0.999. The molecule has 0 aliphatic carbocycles. The lowest BCUT2D eigenvalue weighted by atomic mass is 10.2. The molecule has 0 bridgehead atoms. The van der Waals surface area contributed by atoms with Crippen molar-refractivity contribution in [2.45, 2.75) is 18.1 Å². The minimum atomic E-state index is -0.538. The van der Waals surface area contributed by atoms with Gasteiger partial charge in [-0.05, 0) is 31.2 Å². The maximum Gasteiger partial charge on any atom is 0.339 e. The van der Waals surface area contributed by atoms with Crippen LogP contribution in [0.5, 0.6) is 0 Å². The molecule has 172 valence electrons.